The Labute approximate surface area is 182 Å². The first-order chi connectivity index (χ1) is 14.9. The fraction of sp³-hybridized carbons (Fsp3) is 0.417. The van der Waals surface area contributed by atoms with Crippen molar-refractivity contribution < 1.29 is 14.5 Å². The van der Waals surface area contributed by atoms with Crippen molar-refractivity contribution in [2.24, 2.45) is 5.92 Å². The summed E-state index contributed by atoms with van der Waals surface area (Å²) in [7, 11) is 0. The molecule has 1 amide bonds. The van der Waals surface area contributed by atoms with Gasteiger partial charge in [-0.1, -0.05) is 43.7 Å². The average Bonchev–Trinajstić information content (AvgIpc) is 2.79. The van der Waals surface area contributed by atoms with Gasteiger partial charge >= 0.3 is 0 Å². The Kier molecular flexibility index (Phi) is 7.39. The zero-order chi connectivity index (χ0) is 22.4. The molecule has 7 heteroatoms. The van der Waals surface area contributed by atoms with Gasteiger partial charge in [0.25, 0.3) is 5.69 Å². The molecule has 1 aliphatic heterocycles. The largest absolute Gasteiger partial charge is 0.365 e. The van der Waals surface area contributed by atoms with Gasteiger partial charge in [0.2, 0.25) is 5.91 Å². The van der Waals surface area contributed by atoms with Gasteiger partial charge in [-0.05, 0) is 38.3 Å². The van der Waals surface area contributed by atoms with Crippen molar-refractivity contribution in [1.29, 1.82) is 0 Å². The number of amides is 1. The maximum Gasteiger partial charge on any atom is 0.293 e. The summed E-state index contributed by atoms with van der Waals surface area (Å²) in [5.74, 6) is -0.460. The number of nitro benzene ring substituents is 1. The van der Waals surface area contributed by atoms with Crippen LogP contribution in [-0.2, 0) is 4.79 Å². The third kappa shape index (κ3) is 5.48. The summed E-state index contributed by atoms with van der Waals surface area (Å²) >= 11 is 0. The number of hydrogen-bond acceptors (Lipinski definition) is 5. The van der Waals surface area contributed by atoms with Crippen molar-refractivity contribution in [2.45, 2.75) is 45.6 Å². The van der Waals surface area contributed by atoms with Gasteiger partial charge < -0.3 is 10.2 Å². The van der Waals surface area contributed by atoms with Crippen molar-refractivity contribution in [2.75, 3.05) is 18.0 Å². The molecule has 2 aromatic carbocycles. The standard InChI is InChI=1S/C24H29N3O4/c1-3-8-17(2)25-24(29)20-11-7-14-26(16-20)21-13-12-19(15-22(21)27(30)31)23(28)18-9-5-4-6-10-18/h4-6,9-10,12-13,15,17,20H,3,7-8,11,14,16H2,1-2H3,(H,25,29). The normalized spacial score (nSPS) is 17.1. The molecule has 0 aromatic heterocycles. The van der Waals surface area contributed by atoms with Crippen LogP contribution in [0.3, 0.4) is 0 Å². The third-order valence-electron chi connectivity index (χ3n) is 5.71. The van der Waals surface area contributed by atoms with E-state index in [1.54, 1.807) is 36.4 Å². The summed E-state index contributed by atoms with van der Waals surface area (Å²) in [4.78, 5) is 38.6. The first-order valence-corrected chi connectivity index (χ1v) is 10.8. The molecular weight excluding hydrogens is 394 g/mol. The van der Waals surface area contributed by atoms with Crippen LogP contribution in [0.2, 0.25) is 0 Å². The number of nitro groups is 1. The Balaban J connectivity index is 1.80. The van der Waals surface area contributed by atoms with Gasteiger partial charge in [-0.3, -0.25) is 19.7 Å². The van der Waals surface area contributed by atoms with Crippen LogP contribution >= 0.6 is 0 Å². The second kappa shape index (κ2) is 10.2. The highest BCUT2D eigenvalue weighted by Crippen LogP contribution is 2.33. The van der Waals surface area contributed by atoms with E-state index in [-0.39, 0.29) is 34.9 Å². The second-order valence-electron chi connectivity index (χ2n) is 8.14. The van der Waals surface area contributed by atoms with E-state index < -0.39 is 4.92 Å². The number of carbonyl (C=O) groups excluding carboxylic acids is 2. The zero-order valence-corrected chi connectivity index (χ0v) is 18.0. The number of anilines is 1. The van der Waals surface area contributed by atoms with Crippen molar-refractivity contribution in [3.8, 4) is 0 Å². The smallest absolute Gasteiger partial charge is 0.293 e. The molecule has 3 rings (SSSR count). The van der Waals surface area contributed by atoms with Crippen LogP contribution in [0.4, 0.5) is 11.4 Å². The lowest BCUT2D eigenvalue weighted by Crippen LogP contribution is -2.45. The van der Waals surface area contributed by atoms with Gasteiger partial charge in [-0.25, -0.2) is 0 Å². The molecule has 0 spiro atoms. The Morgan fingerprint density at radius 1 is 1.19 bits per heavy atom. The second-order valence-corrected chi connectivity index (χ2v) is 8.14. The number of piperidine rings is 1. The van der Waals surface area contributed by atoms with E-state index in [1.165, 1.54) is 6.07 Å². The summed E-state index contributed by atoms with van der Waals surface area (Å²) in [5, 5.41) is 14.9. The van der Waals surface area contributed by atoms with Crippen molar-refractivity contribution in [3.05, 3.63) is 69.8 Å². The average molecular weight is 424 g/mol. The molecule has 1 heterocycles. The van der Waals surface area contributed by atoms with E-state index in [0.29, 0.717) is 24.3 Å². The Morgan fingerprint density at radius 3 is 2.61 bits per heavy atom. The summed E-state index contributed by atoms with van der Waals surface area (Å²) in [5.41, 5.74) is 1.11. The molecule has 1 fully saturated rings. The maximum atomic E-state index is 12.7. The van der Waals surface area contributed by atoms with Crippen LogP contribution < -0.4 is 10.2 Å². The predicted molar refractivity (Wildman–Crippen MR) is 120 cm³/mol. The van der Waals surface area contributed by atoms with Crippen LogP contribution in [0.25, 0.3) is 0 Å². The molecule has 0 saturated carbocycles. The van der Waals surface area contributed by atoms with E-state index in [9.17, 15) is 19.7 Å². The molecule has 0 aliphatic carbocycles. The monoisotopic (exact) mass is 423 g/mol. The van der Waals surface area contributed by atoms with Crippen LogP contribution in [0, 0.1) is 16.0 Å². The Bertz CT molecular complexity index is 945. The molecule has 164 valence electrons. The van der Waals surface area contributed by atoms with Gasteiger partial charge in [0.15, 0.2) is 5.78 Å². The van der Waals surface area contributed by atoms with Crippen LogP contribution in [0.1, 0.15) is 55.5 Å². The number of carbonyl (C=O) groups is 2. The van der Waals surface area contributed by atoms with Gasteiger partial charge in [-0.15, -0.1) is 0 Å². The highest BCUT2D eigenvalue weighted by atomic mass is 16.6. The number of ketones is 1. The SMILES string of the molecule is CCCC(C)NC(=O)C1CCCN(c2ccc(C(=O)c3ccccc3)cc2[N+](=O)[O-])C1. The summed E-state index contributed by atoms with van der Waals surface area (Å²) in [6, 6.07) is 13.4. The fourth-order valence-electron chi connectivity index (χ4n) is 4.11. The minimum absolute atomic E-state index is 0.00387. The van der Waals surface area contributed by atoms with E-state index in [1.807, 2.05) is 17.9 Å². The lowest BCUT2D eigenvalue weighted by atomic mass is 9.95. The topological polar surface area (TPSA) is 92.6 Å². The van der Waals surface area contributed by atoms with Crippen LogP contribution in [0.5, 0.6) is 0 Å². The van der Waals surface area contributed by atoms with Crippen LogP contribution in [-0.4, -0.2) is 35.7 Å². The van der Waals surface area contributed by atoms with E-state index in [0.717, 1.165) is 25.7 Å². The molecule has 0 bridgehead atoms. The van der Waals surface area contributed by atoms with Gasteiger partial charge in [0.05, 0.1) is 10.8 Å². The molecular formula is C24H29N3O4. The number of hydrogen-bond donors (Lipinski definition) is 1. The molecule has 7 nitrogen and oxygen atoms in total. The quantitative estimate of drug-likeness (QED) is 0.387. The minimum atomic E-state index is -0.454. The number of nitrogens with zero attached hydrogens (tertiary/aromatic N) is 2. The fourth-order valence-corrected chi connectivity index (χ4v) is 4.11. The van der Waals surface area contributed by atoms with Crippen molar-refractivity contribution in [3.63, 3.8) is 0 Å². The molecule has 1 saturated heterocycles. The first-order valence-electron chi connectivity index (χ1n) is 10.8. The molecule has 2 atom stereocenters. The third-order valence-corrected chi connectivity index (χ3v) is 5.71. The summed E-state index contributed by atoms with van der Waals surface area (Å²) in [6.45, 7) is 5.14. The highest BCUT2D eigenvalue weighted by molar-refractivity contribution is 6.09. The van der Waals surface area contributed by atoms with E-state index in [4.69, 9.17) is 0 Å². The van der Waals surface area contributed by atoms with E-state index in [2.05, 4.69) is 12.2 Å². The molecule has 2 aromatic rings. The lowest BCUT2D eigenvalue weighted by Gasteiger charge is -2.34. The maximum absolute atomic E-state index is 12.7. The Hall–Kier alpha value is -3.22. The highest BCUT2D eigenvalue weighted by Gasteiger charge is 2.30. The van der Waals surface area contributed by atoms with Gasteiger partial charge in [0.1, 0.15) is 5.69 Å². The van der Waals surface area contributed by atoms with Crippen molar-refractivity contribution in [1.82, 2.24) is 5.32 Å². The predicted octanol–water partition coefficient (Wildman–Crippen LogP) is 4.35. The molecule has 2 unspecified atom stereocenters. The minimum Gasteiger partial charge on any atom is -0.365 e. The zero-order valence-electron chi connectivity index (χ0n) is 18.0. The summed E-state index contributed by atoms with van der Waals surface area (Å²) in [6.07, 6.45) is 3.46. The van der Waals surface area contributed by atoms with Crippen LogP contribution in [0.15, 0.2) is 48.5 Å². The molecule has 31 heavy (non-hydrogen) atoms. The van der Waals surface area contributed by atoms with Gasteiger partial charge in [-0.2, -0.15) is 0 Å². The van der Waals surface area contributed by atoms with E-state index >= 15 is 0 Å². The number of nitrogens with one attached hydrogen (secondary N) is 1. The summed E-state index contributed by atoms with van der Waals surface area (Å²) < 4.78 is 0. The number of benzene rings is 2. The van der Waals surface area contributed by atoms with Gasteiger partial charge in [0, 0.05) is 36.3 Å². The van der Waals surface area contributed by atoms with Crippen molar-refractivity contribution >= 4 is 23.1 Å². The molecule has 1 aliphatic rings. The first kappa shape index (κ1) is 22.5. The Morgan fingerprint density at radius 2 is 1.94 bits per heavy atom. The molecule has 1 N–H and O–H groups in total. The number of rotatable bonds is 8. The lowest BCUT2D eigenvalue weighted by molar-refractivity contribution is -0.384. The molecule has 0 radical (unpaired) electrons.